The molecule has 166 valence electrons. The van der Waals surface area contributed by atoms with E-state index in [1.165, 1.54) is 6.07 Å². The van der Waals surface area contributed by atoms with Gasteiger partial charge in [0.1, 0.15) is 5.56 Å². The predicted molar refractivity (Wildman–Crippen MR) is 119 cm³/mol. The summed E-state index contributed by atoms with van der Waals surface area (Å²) in [6.07, 6.45) is -0.630. The Morgan fingerprint density at radius 2 is 1.91 bits per heavy atom. The summed E-state index contributed by atoms with van der Waals surface area (Å²) in [6, 6.07) is 18.1. The molecule has 4 rings (SSSR count). The van der Waals surface area contributed by atoms with Crippen LogP contribution < -0.4 is 20.3 Å². The second kappa shape index (κ2) is 9.67. The molecule has 2 aromatic carbocycles. The van der Waals surface area contributed by atoms with Crippen molar-refractivity contribution in [2.45, 2.75) is 19.2 Å². The van der Waals surface area contributed by atoms with E-state index in [1.807, 2.05) is 48.3 Å². The zero-order valence-electron chi connectivity index (χ0n) is 17.7. The highest BCUT2D eigenvalue weighted by Crippen LogP contribution is 2.32. The minimum Gasteiger partial charge on any atom is -0.454 e. The van der Waals surface area contributed by atoms with E-state index in [1.54, 1.807) is 18.2 Å². The van der Waals surface area contributed by atoms with E-state index >= 15 is 0 Å². The van der Waals surface area contributed by atoms with Gasteiger partial charge in [-0.05, 0) is 42.4 Å². The maximum absolute atomic E-state index is 12.5. The number of hydrogen-bond acceptors (Lipinski definition) is 6. The summed E-state index contributed by atoms with van der Waals surface area (Å²) < 4.78 is 10.6. The van der Waals surface area contributed by atoms with Gasteiger partial charge in [0.05, 0.1) is 6.10 Å². The standard InChI is InChI=1S/C24H25N3O5/c1-27(14-20(28)17-5-3-2-4-6-17)13-18-8-9-19(24(30)26-18)23(29)25-12-16-7-10-21-22(11-16)32-15-31-21/h2-11,20,28H,12-15H2,1H3,(H,25,29)(H,26,30). The monoisotopic (exact) mass is 435 g/mol. The third-order valence-electron chi connectivity index (χ3n) is 5.21. The van der Waals surface area contributed by atoms with Gasteiger partial charge < -0.3 is 24.9 Å². The van der Waals surface area contributed by atoms with Crippen molar-refractivity contribution in [3.63, 3.8) is 0 Å². The van der Waals surface area contributed by atoms with Crippen molar-refractivity contribution in [3.05, 3.63) is 93.4 Å². The zero-order chi connectivity index (χ0) is 22.5. The number of amides is 1. The lowest BCUT2D eigenvalue weighted by Gasteiger charge is -2.20. The summed E-state index contributed by atoms with van der Waals surface area (Å²) in [6.45, 7) is 1.28. The first kappa shape index (κ1) is 21.6. The van der Waals surface area contributed by atoms with Gasteiger partial charge in [-0.1, -0.05) is 36.4 Å². The Bertz CT molecular complexity index is 1150. The Labute approximate surface area is 185 Å². The molecule has 3 N–H and O–H groups in total. The number of likely N-dealkylation sites (N-methyl/N-ethyl adjacent to an activating group) is 1. The van der Waals surface area contributed by atoms with Gasteiger partial charge in [-0.2, -0.15) is 0 Å². The first-order chi connectivity index (χ1) is 15.5. The SMILES string of the molecule is CN(Cc1ccc(C(=O)NCc2ccc3c(c2)OCO3)c(=O)[nH]1)CC(O)c1ccccc1. The maximum Gasteiger partial charge on any atom is 0.261 e. The number of aromatic nitrogens is 1. The van der Waals surface area contributed by atoms with Crippen molar-refractivity contribution >= 4 is 5.91 Å². The van der Waals surface area contributed by atoms with Crippen molar-refractivity contribution in [1.29, 1.82) is 0 Å². The summed E-state index contributed by atoms with van der Waals surface area (Å²) in [4.78, 5) is 29.6. The molecule has 1 atom stereocenters. The maximum atomic E-state index is 12.5. The molecule has 0 saturated carbocycles. The second-order valence-corrected chi connectivity index (χ2v) is 7.72. The molecule has 0 aliphatic carbocycles. The molecule has 0 spiro atoms. The van der Waals surface area contributed by atoms with Gasteiger partial charge in [-0.25, -0.2) is 0 Å². The summed E-state index contributed by atoms with van der Waals surface area (Å²) in [5, 5.41) is 13.1. The van der Waals surface area contributed by atoms with Crippen LogP contribution in [0.3, 0.4) is 0 Å². The minimum atomic E-state index is -0.630. The van der Waals surface area contributed by atoms with E-state index in [-0.39, 0.29) is 18.9 Å². The van der Waals surface area contributed by atoms with Crippen LogP contribution in [-0.2, 0) is 13.1 Å². The van der Waals surface area contributed by atoms with Crippen molar-refractivity contribution in [3.8, 4) is 11.5 Å². The number of aromatic amines is 1. The third-order valence-corrected chi connectivity index (χ3v) is 5.21. The molecule has 2 heterocycles. The van der Waals surface area contributed by atoms with Crippen molar-refractivity contribution in [2.75, 3.05) is 20.4 Å². The number of fused-ring (bicyclic) bond motifs is 1. The van der Waals surface area contributed by atoms with Crippen molar-refractivity contribution in [1.82, 2.24) is 15.2 Å². The lowest BCUT2D eigenvalue weighted by atomic mass is 10.1. The van der Waals surface area contributed by atoms with E-state index < -0.39 is 17.6 Å². The van der Waals surface area contributed by atoms with E-state index in [2.05, 4.69) is 10.3 Å². The predicted octanol–water partition coefficient (Wildman–Crippen LogP) is 2.20. The molecular weight excluding hydrogens is 410 g/mol. The molecule has 1 aliphatic rings. The second-order valence-electron chi connectivity index (χ2n) is 7.72. The Hall–Kier alpha value is -3.62. The van der Waals surface area contributed by atoms with Crippen molar-refractivity contribution < 1.29 is 19.4 Å². The lowest BCUT2D eigenvalue weighted by Crippen LogP contribution is -2.30. The molecule has 32 heavy (non-hydrogen) atoms. The van der Waals surface area contributed by atoms with Crippen LogP contribution in [0.2, 0.25) is 0 Å². The van der Waals surface area contributed by atoms with E-state index in [0.717, 1.165) is 11.1 Å². The molecule has 0 bridgehead atoms. The fraction of sp³-hybridized carbons (Fsp3) is 0.250. The van der Waals surface area contributed by atoms with E-state index in [9.17, 15) is 14.7 Å². The third kappa shape index (κ3) is 5.16. The summed E-state index contributed by atoms with van der Waals surface area (Å²) >= 11 is 0. The topological polar surface area (TPSA) is 104 Å². The molecule has 3 aromatic rings. The average Bonchev–Trinajstić information content (AvgIpc) is 3.26. The first-order valence-corrected chi connectivity index (χ1v) is 10.3. The van der Waals surface area contributed by atoms with Gasteiger partial charge >= 0.3 is 0 Å². The van der Waals surface area contributed by atoms with Gasteiger partial charge in [0.25, 0.3) is 11.5 Å². The fourth-order valence-electron chi connectivity index (χ4n) is 3.55. The number of rotatable bonds is 8. The largest absolute Gasteiger partial charge is 0.454 e. The molecular formula is C24H25N3O5. The Balaban J connectivity index is 1.33. The number of H-pyrrole nitrogens is 1. The fourth-order valence-corrected chi connectivity index (χ4v) is 3.55. The van der Waals surface area contributed by atoms with Crippen LogP contribution in [0.5, 0.6) is 11.5 Å². The number of carbonyl (C=O) groups excluding carboxylic acids is 1. The van der Waals surface area contributed by atoms with Gasteiger partial charge in [-0.3, -0.25) is 14.5 Å². The number of pyridine rings is 1. The number of hydrogen-bond donors (Lipinski definition) is 3. The Kier molecular flexibility index (Phi) is 6.53. The van der Waals surface area contributed by atoms with Crippen LogP contribution in [0, 0.1) is 0 Å². The smallest absolute Gasteiger partial charge is 0.261 e. The number of nitrogens with one attached hydrogen (secondary N) is 2. The highest BCUT2D eigenvalue weighted by atomic mass is 16.7. The molecule has 0 fully saturated rings. The summed E-state index contributed by atoms with van der Waals surface area (Å²) in [5.41, 5.74) is 1.92. The van der Waals surface area contributed by atoms with Gasteiger partial charge in [0.15, 0.2) is 11.5 Å². The number of aliphatic hydroxyl groups excluding tert-OH is 1. The Morgan fingerprint density at radius 3 is 2.69 bits per heavy atom. The van der Waals surface area contributed by atoms with Crippen molar-refractivity contribution in [2.24, 2.45) is 0 Å². The average molecular weight is 435 g/mol. The lowest BCUT2D eigenvalue weighted by molar-refractivity contribution is 0.0949. The summed E-state index contributed by atoms with van der Waals surface area (Å²) in [5.74, 6) is 0.858. The van der Waals surface area contributed by atoms with E-state index in [4.69, 9.17) is 9.47 Å². The van der Waals surface area contributed by atoms with Gasteiger partial charge in [0.2, 0.25) is 6.79 Å². The number of benzene rings is 2. The number of aliphatic hydroxyl groups is 1. The molecule has 0 radical (unpaired) electrons. The Morgan fingerprint density at radius 1 is 1.12 bits per heavy atom. The van der Waals surface area contributed by atoms with Crippen LogP contribution in [0.25, 0.3) is 0 Å². The van der Waals surface area contributed by atoms with Crippen LogP contribution >= 0.6 is 0 Å². The molecule has 1 unspecified atom stereocenters. The minimum absolute atomic E-state index is 0.0430. The molecule has 8 heteroatoms. The first-order valence-electron chi connectivity index (χ1n) is 10.3. The van der Waals surface area contributed by atoms with Crippen LogP contribution in [0.15, 0.2) is 65.5 Å². The van der Waals surface area contributed by atoms with E-state index in [0.29, 0.717) is 30.3 Å². The number of ether oxygens (including phenoxy) is 2. The molecule has 0 saturated heterocycles. The van der Waals surface area contributed by atoms with Gasteiger partial charge in [-0.15, -0.1) is 0 Å². The highest BCUT2D eigenvalue weighted by Gasteiger charge is 2.16. The zero-order valence-corrected chi connectivity index (χ0v) is 17.7. The molecule has 1 aliphatic heterocycles. The van der Waals surface area contributed by atoms with Crippen LogP contribution in [-0.4, -0.2) is 41.3 Å². The highest BCUT2D eigenvalue weighted by molar-refractivity contribution is 5.93. The molecule has 1 amide bonds. The quantitative estimate of drug-likeness (QED) is 0.501. The summed E-state index contributed by atoms with van der Waals surface area (Å²) in [7, 11) is 1.86. The molecule has 8 nitrogen and oxygen atoms in total. The van der Waals surface area contributed by atoms with Gasteiger partial charge in [0, 0.05) is 25.3 Å². The molecule has 1 aromatic heterocycles. The number of carbonyl (C=O) groups is 1. The van der Waals surface area contributed by atoms with Crippen LogP contribution in [0.4, 0.5) is 0 Å². The number of nitrogens with zero attached hydrogens (tertiary/aromatic N) is 1. The van der Waals surface area contributed by atoms with Crippen LogP contribution in [0.1, 0.15) is 33.3 Å². The normalized spacial score (nSPS) is 13.2.